The third-order valence-electron chi connectivity index (χ3n) is 3.53. The van der Waals surface area contributed by atoms with Crippen molar-refractivity contribution in [1.29, 1.82) is 0 Å². The monoisotopic (exact) mass is 371 g/mol. The summed E-state index contributed by atoms with van der Waals surface area (Å²) in [6.45, 7) is 3.85. The smallest absolute Gasteiger partial charge is 0.410 e. The van der Waals surface area contributed by atoms with Gasteiger partial charge in [0.05, 0.1) is 0 Å². The predicted octanol–water partition coefficient (Wildman–Crippen LogP) is 3.37. The summed E-state index contributed by atoms with van der Waals surface area (Å²) in [6.07, 6.45) is -0.408. The highest BCUT2D eigenvalue weighted by atomic mass is 19.3. The Morgan fingerprint density at radius 1 is 1.12 bits per heavy atom. The fraction of sp³-hybridized carbons (Fsp3) is 0.529. The average molecular weight is 371 g/mol. The summed E-state index contributed by atoms with van der Waals surface area (Å²) in [6, 6.07) is 5.41. The van der Waals surface area contributed by atoms with E-state index in [1.54, 1.807) is 36.6 Å². The van der Waals surface area contributed by atoms with E-state index >= 15 is 0 Å². The predicted molar refractivity (Wildman–Crippen MR) is 91.5 cm³/mol. The summed E-state index contributed by atoms with van der Waals surface area (Å²) in [7, 11) is 0. The van der Waals surface area contributed by atoms with Crippen LogP contribution in [0.2, 0.25) is 0 Å². The molecule has 1 aliphatic heterocycles. The third kappa shape index (κ3) is 6.05. The Morgan fingerprint density at radius 3 is 2.31 bits per heavy atom. The number of alkyl halides is 2. The quantitative estimate of drug-likeness (QED) is 0.884. The number of urea groups is 1. The zero-order chi connectivity index (χ0) is 19.3. The van der Waals surface area contributed by atoms with Gasteiger partial charge >= 0.3 is 18.7 Å². The first kappa shape index (κ1) is 19.7. The van der Waals surface area contributed by atoms with E-state index in [0.29, 0.717) is 31.9 Å². The summed E-state index contributed by atoms with van der Waals surface area (Å²) in [5.74, 6) is -0.0347. The van der Waals surface area contributed by atoms with E-state index in [2.05, 4.69) is 10.1 Å². The minimum Gasteiger partial charge on any atom is -0.444 e. The Balaban J connectivity index is 1.86. The lowest BCUT2D eigenvalue weighted by atomic mass is 10.2. The molecule has 1 N–H and O–H groups in total. The van der Waals surface area contributed by atoms with Crippen molar-refractivity contribution in [3.63, 3.8) is 0 Å². The molecule has 0 spiro atoms. The SMILES string of the molecule is CC(C)(C)OC(=O)N1CCN(C(=O)Nc2cccc(OC(F)F)c2)CC1. The summed E-state index contributed by atoms with van der Waals surface area (Å²) >= 11 is 0. The number of hydrogen-bond acceptors (Lipinski definition) is 4. The fourth-order valence-electron chi connectivity index (χ4n) is 2.37. The highest BCUT2D eigenvalue weighted by molar-refractivity contribution is 5.89. The molecule has 0 aliphatic carbocycles. The number of nitrogens with zero attached hydrogens (tertiary/aromatic N) is 2. The number of anilines is 1. The Labute approximate surface area is 150 Å². The molecule has 2 rings (SSSR count). The van der Waals surface area contributed by atoms with Gasteiger partial charge in [-0.3, -0.25) is 0 Å². The van der Waals surface area contributed by atoms with Crippen molar-refractivity contribution in [2.24, 2.45) is 0 Å². The maximum atomic E-state index is 12.3. The number of ether oxygens (including phenoxy) is 2. The van der Waals surface area contributed by atoms with E-state index in [0.717, 1.165) is 0 Å². The maximum Gasteiger partial charge on any atom is 0.410 e. The van der Waals surface area contributed by atoms with Crippen molar-refractivity contribution < 1.29 is 27.8 Å². The lowest BCUT2D eigenvalue weighted by molar-refractivity contribution is -0.0498. The summed E-state index contributed by atoms with van der Waals surface area (Å²) in [4.78, 5) is 27.4. The molecule has 1 saturated heterocycles. The molecule has 0 aromatic heterocycles. The van der Waals surface area contributed by atoms with Gasteiger partial charge < -0.3 is 24.6 Å². The molecule has 1 fully saturated rings. The lowest BCUT2D eigenvalue weighted by Gasteiger charge is -2.35. The molecular weight excluding hydrogens is 348 g/mol. The van der Waals surface area contributed by atoms with Gasteiger partial charge in [-0.2, -0.15) is 8.78 Å². The number of benzene rings is 1. The van der Waals surface area contributed by atoms with Crippen molar-refractivity contribution in [2.75, 3.05) is 31.5 Å². The molecule has 0 atom stereocenters. The van der Waals surface area contributed by atoms with E-state index in [-0.39, 0.29) is 11.8 Å². The molecule has 26 heavy (non-hydrogen) atoms. The van der Waals surface area contributed by atoms with E-state index in [1.165, 1.54) is 18.2 Å². The third-order valence-corrected chi connectivity index (χ3v) is 3.53. The van der Waals surface area contributed by atoms with Gasteiger partial charge in [-0.05, 0) is 32.9 Å². The molecule has 1 aromatic carbocycles. The minimum absolute atomic E-state index is 0.0347. The number of carbonyl (C=O) groups is 2. The first-order chi connectivity index (χ1) is 12.1. The van der Waals surface area contributed by atoms with E-state index < -0.39 is 18.3 Å². The van der Waals surface area contributed by atoms with Crippen molar-refractivity contribution in [3.8, 4) is 5.75 Å². The van der Waals surface area contributed by atoms with Crippen molar-refractivity contribution >= 4 is 17.8 Å². The standard InChI is InChI=1S/C17H23F2N3O4/c1-17(2,3)26-16(24)22-9-7-21(8-10-22)15(23)20-12-5-4-6-13(11-12)25-14(18)19/h4-6,11,14H,7-10H2,1-3H3,(H,20,23). The zero-order valence-electron chi connectivity index (χ0n) is 15.0. The van der Waals surface area contributed by atoms with Crippen molar-refractivity contribution in [1.82, 2.24) is 9.80 Å². The van der Waals surface area contributed by atoms with Crippen LogP contribution in [0.5, 0.6) is 5.75 Å². The number of piperazine rings is 1. The number of hydrogen-bond donors (Lipinski definition) is 1. The molecule has 9 heteroatoms. The van der Waals surface area contributed by atoms with Gasteiger partial charge in [-0.1, -0.05) is 6.07 Å². The fourth-order valence-corrected chi connectivity index (χ4v) is 2.37. The second-order valence-corrected chi connectivity index (χ2v) is 6.79. The second kappa shape index (κ2) is 8.20. The van der Waals surface area contributed by atoms with Crippen LogP contribution < -0.4 is 10.1 Å². The molecule has 1 aromatic rings. The van der Waals surface area contributed by atoms with Crippen LogP contribution in [-0.4, -0.2) is 60.3 Å². The summed E-state index contributed by atoms with van der Waals surface area (Å²) in [5, 5.41) is 2.63. The number of halogens is 2. The molecule has 0 bridgehead atoms. The molecule has 144 valence electrons. The first-order valence-corrected chi connectivity index (χ1v) is 8.23. The van der Waals surface area contributed by atoms with E-state index in [1.807, 2.05) is 0 Å². The lowest BCUT2D eigenvalue weighted by Crippen LogP contribution is -2.52. The Morgan fingerprint density at radius 2 is 1.73 bits per heavy atom. The maximum absolute atomic E-state index is 12.3. The van der Waals surface area contributed by atoms with Crippen LogP contribution >= 0.6 is 0 Å². The molecule has 0 radical (unpaired) electrons. The van der Waals surface area contributed by atoms with Gasteiger partial charge in [-0.15, -0.1) is 0 Å². The topological polar surface area (TPSA) is 71.1 Å². The van der Waals surface area contributed by atoms with Gasteiger partial charge in [0.1, 0.15) is 11.4 Å². The molecule has 0 unspecified atom stereocenters. The van der Waals surface area contributed by atoms with Crippen molar-refractivity contribution in [3.05, 3.63) is 24.3 Å². The van der Waals surface area contributed by atoms with E-state index in [4.69, 9.17) is 4.74 Å². The number of amides is 3. The van der Waals surface area contributed by atoms with Crippen LogP contribution in [0.15, 0.2) is 24.3 Å². The van der Waals surface area contributed by atoms with Crippen LogP contribution in [0.4, 0.5) is 24.1 Å². The largest absolute Gasteiger partial charge is 0.444 e. The van der Waals surface area contributed by atoms with Gasteiger partial charge in [0.25, 0.3) is 0 Å². The molecular formula is C17H23F2N3O4. The van der Waals surface area contributed by atoms with E-state index in [9.17, 15) is 18.4 Å². The van der Waals surface area contributed by atoms with Crippen LogP contribution in [0.1, 0.15) is 20.8 Å². The number of nitrogens with one attached hydrogen (secondary N) is 1. The first-order valence-electron chi connectivity index (χ1n) is 8.23. The number of rotatable bonds is 3. The highest BCUT2D eigenvalue weighted by Gasteiger charge is 2.27. The number of carbonyl (C=O) groups excluding carboxylic acids is 2. The minimum atomic E-state index is -2.93. The normalized spacial score (nSPS) is 15.0. The van der Waals surface area contributed by atoms with Gasteiger partial charge in [0, 0.05) is 37.9 Å². The molecule has 1 heterocycles. The molecule has 1 aliphatic rings. The van der Waals surface area contributed by atoms with Crippen molar-refractivity contribution in [2.45, 2.75) is 33.0 Å². The summed E-state index contributed by atoms with van der Waals surface area (Å²) in [5.41, 5.74) is -0.223. The zero-order valence-corrected chi connectivity index (χ0v) is 15.0. The Bertz CT molecular complexity index is 641. The van der Waals surface area contributed by atoms with Crippen LogP contribution in [0.25, 0.3) is 0 Å². The van der Waals surface area contributed by atoms with Gasteiger partial charge in [-0.25, -0.2) is 9.59 Å². The second-order valence-electron chi connectivity index (χ2n) is 6.79. The molecule has 3 amide bonds. The highest BCUT2D eigenvalue weighted by Crippen LogP contribution is 2.20. The van der Waals surface area contributed by atoms with Gasteiger partial charge in [0.15, 0.2) is 0 Å². The Hall–Kier alpha value is -2.58. The molecule has 7 nitrogen and oxygen atoms in total. The van der Waals surface area contributed by atoms with Crippen LogP contribution in [-0.2, 0) is 4.74 Å². The van der Waals surface area contributed by atoms with Crippen LogP contribution in [0.3, 0.4) is 0 Å². The molecule has 0 saturated carbocycles. The summed E-state index contributed by atoms with van der Waals surface area (Å²) < 4.78 is 34.1. The van der Waals surface area contributed by atoms with Crippen LogP contribution in [0, 0.1) is 0 Å². The average Bonchev–Trinajstić information content (AvgIpc) is 2.53. The van der Waals surface area contributed by atoms with Gasteiger partial charge in [0.2, 0.25) is 0 Å². The Kier molecular flexibility index (Phi) is 6.23.